The van der Waals surface area contributed by atoms with Crippen molar-refractivity contribution in [2.45, 2.75) is 10.2 Å². The molecule has 0 aliphatic heterocycles. The van der Waals surface area contributed by atoms with E-state index in [4.69, 9.17) is 17.3 Å². The first kappa shape index (κ1) is 13.3. The summed E-state index contributed by atoms with van der Waals surface area (Å²) in [5.74, 6) is 0.0442. The second-order valence-electron chi connectivity index (χ2n) is 3.32. The number of halogens is 1. The number of aromatic amines is 1. The Morgan fingerprint density at radius 3 is 2.74 bits per heavy atom. The van der Waals surface area contributed by atoms with E-state index >= 15 is 0 Å². The predicted octanol–water partition coefficient (Wildman–Crippen LogP) is 1.46. The van der Waals surface area contributed by atoms with Crippen molar-refractivity contribution < 1.29 is 4.92 Å². The number of nitrogens with two attached hydrogens (primary N) is 1. The molecule has 2 heterocycles. The molecular weight excluding hydrogens is 294 g/mol. The average molecular weight is 300 g/mol. The molecule has 0 spiro atoms. The number of pyridine rings is 1. The molecule has 0 aliphatic carbocycles. The fourth-order valence-corrected chi connectivity index (χ4v) is 2.30. The molecule has 0 radical (unpaired) electrons. The van der Waals surface area contributed by atoms with Gasteiger partial charge in [0.2, 0.25) is 0 Å². The molecule has 3 N–H and O–H groups in total. The standard InChI is InChI=1S/C9H6ClN5O3S/c10-5-1-4(15(17)18)2-8(12-5)19-9-13-6(11)3-7(16)14-9/h1-3H,(H3,11,13,14,16). The minimum absolute atomic E-state index is 0.0250. The minimum atomic E-state index is -0.590. The van der Waals surface area contributed by atoms with Gasteiger partial charge in [-0.3, -0.25) is 14.9 Å². The summed E-state index contributed by atoms with van der Waals surface area (Å²) in [7, 11) is 0. The van der Waals surface area contributed by atoms with Crippen LogP contribution in [0.25, 0.3) is 0 Å². The second kappa shape index (κ2) is 5.24. The number of hydrogen-bond donors (Lipinski definition) is 2. The summed E-state index contributed by atoms with van der Waals surface area (Å²) >= 11 is 6.59. The highest BCUT2D eigenvalue weighted by Crippen LogP contribution is 2.27. The van der Waals surface area contributed by atoms with Crippen LogP contribution in [0.15, 0.2) is 33.2 Å². The lowest BCUT2D eigenvalue weighted by Gasteiger charge is -2.01. The summed E-state index contributed by atoms with van der Waals surface area (Å²) < 4.78 is 0. The molecule has 0 fully saturated rings. The van der Waals surface area contributed by atoms with E-state index in [9.17, 15) is 14.9 Å². The van der Waals surface area contributed by atoms with Gasteiger partial charge < -0.3 is 10.7 Å². The van der Waals surface area contributed by atoms with Gasteiger partial charge in [0, 0.05) is 12.1 Å². The molecule has 0 atom stereocenters. The van der Waals surface area contributed by atoms with Crippen LogP contribution in [-0.2, 0) is 0 Å². The fraction of sp³-hybridized carbons (Fsp3) is 0. The van der Waals surface area contributed by atoms with Crippen molar-refractivity contribution in [3.8, 4) is 0 Å². The summed E-state index contributed by atoms with van der Waals surface area (Å²) in [5, 5.41) is 11.1. The zero-order valence-electron chi connectivity index (χ0n) is 9.16. The van der Waals surface area contributed by atoms with E-state index in [1.807, 2.05) is 0 Å². The van der Waals surface area contributed by atoms with Gasteiger partial charge >= 0.3 is 0 Å². The van der Waals surface area contributed by atoms with E-state index in [1.165, 1.54) is 6.07 Å². The van der Waals surface area contributed by atoms with Crippen molar-refractivity contribution in [3.63, 3.8) is 0 Å². The van der Waals surface area contributed by atoms with Gasteiger partial charge in [-0.05, 0) is 11.8 Å². The molecule has 0 saturated heterocycles. The summed E-state index contributed by atoms with van der Waals surface area (Å²) in [6, 6.07) is 3.47. The maximum Gasteiger partial charge on any atom is 0.275 e. The number of aromatic nitrogens is 3. The first-order valence-electron chi connectivity index (χ1n) is 4.81. The van der Waals surface area contributed by atoms with Crippen LogP contribution < -0.4 is 11.3 Å². The Balaban J connectivity index is 2.37. The number of nitrogen functional groups attached to an aromatic ring is 1. The molecule has 8 nitrogen and oxygen atoms in total. The highest BCUT2D eigenvalue weighted by atomic mass is 35.5. The van der Waals surface area contributed by atoms with Gasteiger partial charge in [0.15, 0.2) is 5.16 Å². The van der Waals surface area contributed by atoms with Gasteiger partial charge in [-0.2, -0.15) is 0 Å². The molecule has 19 heavy (non-hydrogen) atoms. The second-order valence-corrected chi connectivity index (χ2v) is 4.72. The van der Waals surface area contributed by atoms with Crippen LogP contribution in [0.1, 0.15) is 0 Å². The van der Waals surface area contributed by atoms with Gasteiger partial charge in [-0.1, -0.05) is 11.6 Å². The van der Waals surface area contributed by atoms with Gasteiger partial charge in [0.25, 0.3) is 11.2 Å². The van der Waals surface area contributed by atoms with Crippen molar-refractivity contribution in [2.75, 3.05) is 5.73 Å². The average Bonchev–Trinajstić information content (AvgIpc) is 2.26. The monoisotopic (exact) mass is 299 g/mol. The number of rotatable bonds is 3. The zero-order valence-corrected chi connectivity index (χ0v) is 10.7. The molecule has 98 valence electrons. The highest BCUT2D eigenvalue weighted by Gasteiger charge is 2.12. The number of nitrogens with one attached hydrogen (secondary N) is 1. The van der Waals surface area contributed by atoms with Crippen LogP contribution in [0.2, 0.25) is 5.15 Å². The number of H-pyrrole nitrogens is 1. The Bertz CT molecular complexity index is 704. The van der Waals surface area contributed by atoms with Crippen LogP contribution in [0, 0.1) is 10.1 Å². The maximum atomic E-state index is 11.2. The third-order valence-corrected chi connectivity index (χ3v) is 2.91. The van der Waals surface area contributed by atoms with Gasteiger partial charge in [-0.15, -0.1) is 0 Å². The molecule has 0 amide bonds. The van der Waals surface area contributed by atoms with Crippen LogP contribution >= 0.6 is 23.4 Å². The third-order valence-electron chi connectivity index (χ3n) is 1.91. The number of nitro groups is 1. The topological polar surface area (TPSA) is 128 Å². The van der Waals surface area contributed by atoms with Crippen molar-refractivity contribution in [2.24, 2.45) is 0 Å². The van der Waals surface area contributed by atoms with Crippen molar-refractivity contribution in [1.29, 1.82) is 0 Å². The van der Waals surface area contributed by atoms with E-state index in [0.29, 0.717) is 0 Å². The van der Waals surface area contributed by atoms with Crippen molar-refractivity contribution >= 4 is 34.9 Å². The first-order chi connectivity index (χ1) is 8.94. The maximum absolute atomic E-state index is 11.2. The van der Waals surface area contributed by atoms with Crippen LogP contribution in [0.5, 0.6) is 0 Å². The van der Waals surface area contributed by atoms with E-state index in [1.54, 1.807) is 0 Å². The van der Waals surface area contributed by atoms with Gasteiger partial charge in [0.1, 0.15) is 16.0 Å². The number of anilines is 1. The molecule has 0 aromatic carbocycles. The lowest BCUT2D eigenvalue weighted by molar-refractivity contribution is -0.385. The smallest absolute Gasteiger partial charge is 0.275 e. The Kier molecular flexibility index (Phi) is 3.67. The van der Waals surface area contributed by atoms with Gasteiger partial charge in [-0.25, -0.2) is 9.97 Å². The predicted molar refractivity (Wildman–Crippen MR) is 69.3 cm³/mol. The van der Waals surface area contributed by atoms with Crippen molar-refractivity contribution in [1.82, 2.24) is 15.0 Å². The first-order valence-corrected chi connectivity index (χ1v) is 6.00. The van der Waals surface area contributed by atoms with Gasteiger partial charge in [0.05, 0.1) is 11.0 Å². The van der Waals surface area contributed by atoms with Crippen LogP contribution in [0.4, 0.5) is 11.5 Å². The van der Waals surface area contributed by atoms with E-state index in [-0.39, 0.29) is 26.8 Å². The Morgan fingerprint density at radius 1 is 1.37 bits per heavy atom. The molecule has 2 aromatic heterocycles. The van der Waals surface area contributed by atoms with E-state index in [0.717, 1.165) is 23.9 Å². The molecule has 0 unspecified atom stereocenters. The SMILES string of the molecule is Nc1cc(=O)[nH]c(Sc2cc([N+](=O)[O-])cc(Cl)n2)n1. The largest absolute Gasteiger partial charge is 0.383 e. The molecule has 0 saturated carbocycles. The fourth-order valence-electron chi connectivity index (χ4n) is 1.22. The summed E-state index contributed by atoms with van der Waals surface area (Å²) in [6.45, 7) is 0. The summed E-state index contributed by atoms with van der Waals surface area (Å²) in [5.41, 5.74) is 4.80. The van der Waals surface area contributed by atoms with Crippen molar-refractivity contribution in [3.05, 3.63) is 43.8 Å². The molecular formula is C9H6ClN5O3S. The van der Waals surface area contributed by atoms with E-state index < -0.39 is 10.5 Å². The zero-order chi connectivity index (χ0) is 14.0. The Hall–Kier alpha value is -2.13. The minimum Gasteiger partial charge on any atom is -0.383 e. The lowest BCUT2D eigenvalue weighted by atomic mass is 10.4. The van der Waals surface area contributed by atoms with Crippen LogP contribution in [-0.4, -0.2) is 19.9 Å². The molecule has 0 bridgehead atoms. The molecule has 2 rings (SSSR count). The third kappa shape index (κ3) is 3.42. The highest BCUT2D eigenvalue weighted by molar-refractivity contribution is 7.99. The molecule has 0 aliphatic rings. The lowest BCUT2D eigenvalue weighted by Crippen LogP contribution is -2.09. The summed E-state index contributed by atoms with van der Waals surface area (Å²) in [6.07, 6.45) is 0. The quantitative estimate of drug-likeness (QED) is 0.380. The van der Waals surface area contributed by atoms with Crippen LogP contribution in [0.3, 0.4) is 0 Å². The Labute approximate surface area is 115 Å². The van der Waals surface area contributed by atoms with E-state index in [2.05, 4.69) is 15.0 Å². The number of nitrogens with zero attached hydrogens (tertiary/aromatic N) is 3. The Morgan fingerprint density at radius 2 is 2.11 bits per heavy atom. The summed E-state index contributed by atoms with van der Waals surface area (Å²) in [4.78, 5) is 31.5. The normalized spacial score (nSPS) is 10.4. The number of hydrogen-bond acceptors (Lipinski definition) is 7. The molecule has 2 aromatic rings. The molecule has 10 heteroatoms.